The van der Waals surface area contributed by atoms with Crippen LogP contribution < -0.4 is 14.2 Å². The molecule has 1 atom stereocenters. The molecule has 5 heteroatoms. The predicted molar refractivity (Wildman–Crippen MR) is 101 cm³/mol. The Kier molecular flexibility index (Phi) is 6.01. The lowest BCUT2D eigenvalue weighted by molar-refractivity contribution is 0.0738. The van der Waals surface area contributed by atoms with E-state index in [4.69, 9.17) is 14.2 Å². The number of hydrogen-bond donors (Lipinski definition) is 1. The Hall–Kier alpha value is -2.24. The van der Waals surface area contributed by atoms with E-state index in [-0.39, 0.29) is 6.61 Å². The Morgan fingerprint density at radius 2 is 1.77 bits per heavy atom. The summed E-state index contributed by atoms with van der Waals surface area (Å²) in [5.41, 5.74) is 3.29. The molecular weight excluding hydrogens is 330 g/mol. The molecule has 0 aromatic heterocycles. The van der Waals surface area contributed by atoms with Gasteiger partial charge in [-0.25, -0.2) is 0 Å². The minimum atomic E-state index is -0.559. The number of para-hydroxylation sites is 1. The zero-order valence-corrected chi connectivity index (χ0v) is 15.7. The zero-order chi connectivity index (χ0) is 18.5. The summed E-state index contributed by atoms with van der Waals surface area (Å²) < 4.78 is 17.0. The van der Waals surface area contributed by atoms with Crippen molar-refractivity contribution in [2.75, 3.05) is 33.4 Å². The Balaban J connectivity index is 1.50. The molecule has 26 heavy (non-hydrogen) atoms. The van der Waals surface area contributed by atoms with E-state index >= 15 is 0 Å². The molecular formula is C21H27NO4. The van der Waals surface area contributed by atoms with Crippen molar-refractivity contribution in [1.82, 2.24) is 4.90 Å². The molecule has 1 N–H and O–H groups in total. The maximum atomic E-state index is 10.3. The first-order valence-corrected chi connectivity index (χ1v) is 8.97. The van der Waals surface area contributed by atoms with Crippen molar-refractivity contribution in [3.8, 4) is 17.2 Å². The molecule has 0 bridgehead atoms. The Morgan fingerprint density at radius 3 is 2.50 bits per heavy atom. The van der Waals surface area contributed by atoms with Crippen LogP contribution in [-0.4, -0.2) is 49.5 Å². The van der Waals surface area contributed by atoms with Gasteiger partial charge in [-0.3, -0.25) is 4.90 Å². The highest BCUT2D eigenvalue weighted by molar-refractivity contribution is 5.43. The van der Waals surface area contributed by atoms with Crippen LogP contribution >= 0.6 is 0 Å². The van der Waals surface area contributed by atoms with Crippen LogP contribution in [0.25, 0.3) is 0 Å². The van der Waals surface area contributed by atoms with Gasteiger partial charge in [0, 0.05) is 13.1 Å². The van der Waals surface area contributed by atoms with Gasteiger partial charge in [-0.05, 0) is 49.7 Å². The smallest absolute Gasteiger partial charge is 0.161 e. The summed E-state index contributed by atoms with van der Waals surface area (Å²) in [7, 11) is 1.99. The fourth-order valence-corrected chi connectivity index (χ4v) is 3.18. The first kappa shape index (κ1) is 18.5. The van der Waals surface area contributed by atoms with Crippen molar-refractivity contribution in [3.63, 3.8) is 0 Å². The maximum absolute atomic E-state index is 10.3. The van der Waals surface area contributed by atoms with Crippen molar-refractivity contribution < 1.29 is 19.3 Å². The van der Waals surface area contributed by atoms with Crippen molar-refractivity contribution in [2.24, 2.45) is 0 Å². The summed E-state index contributed by atoms with van der Waals surface area (Å²) in [6, 6.07) is 12.0. The van der Waals surface area contributed by atoms with Gasteiger partial charge in [0.05, 0.1) is 0 Å². The number of hydrogen-bond acceptors (Lipinski definition) is 5. The van der Waals surface area contributed by atoms with Gasteiger partial charge in [-0.1, -0.05) is 24.3 Å². The van der Waals surface area contributed by atoms with E-state index in [0.717, 1.165) is 40.5 Å². The number of likely N-dealkylation sites (N-methyl/N-ethyl adjacent to an activating group) is 1. The zero-order valence-electron chi connectivity index (χ0n) is 15.7. The number of rotatable bonds is 7. The lowest BCUT2D eigenvalue weighted by Gasteiger charge is -2.23. The topological polar surface area (TPSA) is 51.2 Å². The van der Waals surface area contributed by atoms with Gasteiger partial charge < -0.3 is 19.3 Å². The number of benzene rings is 2. The van der Waals surface area contributed by atoms with E-state index in [0.29, 0.717) is 19.8 Å². The largest absolute Gasteiger partial charge is 0.490 e. The van der Waals surface area contributed by atoms with Gasteiger partial charge in [0.15, 0.2) is 11.5 Å². The van der Waals surface area contributed by atoms with E-state index in [9.17, 15) is 5.11 Å². The second kappa shape index (κ2) is 8.43. The summed E-state index contributed by atoms with van der Waals surface area (Å²) in [5.74, 6) is 2.45. The third-order valence-electron chi connectivity index (χ3n) is 4.41. The first-order valence-electron chi connectivity index (χ1n) is 8.97. The standard InChI is InChI=1S/C21H27NO4/c1-15-5-4-6-16(2)21(15)26-14-18(23)13-22(3)12-17-7-8-19-20(11-17)25-10-9-24-19/h4-8,11,18,23H,9-10,12-14H2,1-3H3/t18-/m1/s1. The minimum absolute atomic E-state index is 0.275. The number of aliphatic hydroxyl groups is 1. The van der Waals surface area contributed by atoms with Crippen LogP contribution in [0.1, 0.15) is 16.7 Å². The average molecular weight is 357 g/mol. The summed E-state index contributed by atoms with van der Waals surface area (Å²) in [4.78, 5) is 2.07. The van der Waals surface area contributed by atoms with Gasteiger partial charge >= 0.3 is 0 Å². The molecule has 1 heterocycles. The molecule has 0 spiro atoms. The van der Waals surface area contributed by atoms with Crippen molar-refractivity contribution in [2.45, 2.75) is 26.5 Å². The second-order valence-corrected chi connectivity index (χ2v) is 6.86. The van der Waals surface area contributed by atoms with Crippen LogP contribution in [-0.2, 0) is 6.54 Å². The first-order chi connectivity index (χ1) is 12.5. The molecule has 1 aliphatic heterocycles. The third-order valence-corrected chi connectivity index (χ3v) is 4.41. The average Bonchev–Trinajstić information content (AvgIpc) is 2.61. The van der Waals surface area contributed by atoms with Crippen molar-refractivity contribution in [3.05, 3.63) is 53.1 Å². The number of aryl methyl sites for hydroxylation is 2. The van der Waals surface area contributed by atoms with Crippen LogP contribution in [0.2, 0.25) is 0 Å². The van der Waals surface area contributed by atoms with Crippen LogP contribution in [0.3, 0.4) is 0 Å². The highest BCUT2D eigenvalue weighted by Crippen LogP contribution is 2.31. The summed E-state index contributed by atoms with van der Waals surface area (Å²) in [6.45, 7) is 6.73. The monoisotopic (exact) mass is 357 g/mol. The van der Waals surface area contributed by atoms with Crippen LogP contribution in [0.4, 0.5) is 0 Å². The highest BCUT2D eigenvalue weighted by Gasteiger charge is 2.14. The quantitative estimate of drug-likeness (QED) is 0.826. The number of fused-ring (bicyclic) bond motifs is 1. The second-order valence-electron chi connectivity index (χ2n) is 6.86. The molecule has 0 fully saturated rings. The van der Waals surface area contributed by atoms with E-state index in [2.05, 4.69) is 4.90 Å². The summed E-state index contributed by atoms with van der Waals surface area (Å²) >= 11 is 0. The third kappa shape index (κ3) is 4.68. The summed E-state index contributed by atoms with van der Waals surface area (Å²) in [5, 5.41) is 10.3. The van der Waals surface area contributed by atoms with Crippen LogP contribution in [0, 0.1) is 13.8 Å². The Morgan fingerprint density at radius 1 is 1.08 bits per heavy atom. The number of nitrogens with zero attached hydrogens (tertiary/aromatic N) is 1. The molecule has 5 nitrogen and oxygen atoms in total. The van der Waals surface area contributed by atoms with Gasteiger partial charge in [-0.15, -0.1) is 0 Å². The molecule has 0 saturated carbocycles. The maximum Gasteiger partial charge on any atom is 0.161 e. The number of aliphatic hydroxyl groups excluding tert-OH is 1. The van der Waals surface area contributed by atoms with Crippen molar-refractivity contribution >= 4 is 0 Å². The molecule has 0 amide bonds. The van der Waals surface area contributed by atoms with Crippen molar-refractivity contribution in [1.29, 1.82) is 0 Å². The minimum Gasteiger partial charge on any atom is -0.490 e. The lowest BCUT2D eigenvalue weighted by Crippen LogP contribution is -2.33. The number of ether oxygens (including phenoxy) is 3. The Bertz CT molecular complexity index is 727. The highest BCUT2D eigenvalue weighted by atomic mass is 16.6. The molecule has 140 valence electrons. The fraction of sp³-hybridized carbons (Fsp3) is 0.429. The van der Waals surface area contributed by atoms with E-state index in [1.165, 1.54) is 0 Å². The predicted octanol–water partition coefficient (Wildman–Crippen LogP) is 2.95. The van der Waals surface area contributed by atoms with Gasteiger partial charge in [0.25, 0.3) is 0 Å². The van der Waals surface area contributed by atoms with Crippen LogP contribution in [0.5, 0.6) is 17.2 Å². The van der Waals surface area contributed by atoms with Gasteiger partial charge in [-0.2, -0.15) is 0 Å². The molecule has 1 aliphatic rings. The lowest BCUT2D eigenvalue weighted by atomic mass is 10.1. The van der Waals surface area contributed by atoms with Crippen LogP contribution in [0.15, 0.2) is 36.4 Å². The molecule has 2 aromatic carbocycles. The molecule has 2 aromatic rings. The van der Waals surface area contributed by atoms with E-state index < -0.39 is 6.10 Å². The normalized spacial score (nSPS) is 14.3. The molecule has 0 unspecified atom stereocenters. The molecule has 3 rings (SSSR count). The molecule has 0 aliphatic carbocycles. The van der Waals surface area contributed by atoms with E-state index in [1.807, 2.05) is 57.3 Å². The fourth-order valence-electron chi connectivity index (χ4n) is 3.18. The SMILES string of the molecule is Cc1cccc(C)c1OC[C@H](O)CN(C)Cc1ccc2c(c1)OCCO2. The van der Waals surface area contributed by atoms with Gasteiger partial charge in [0.2, 0.25) is 0 Å². The summed E-state index contributed by atoms with van der Waals surface area (Å²) in [6.07, 6.45) is -0.559. The molecule has 0 radical (unpaired) electrons. The van der Waals surface area contributed by atoms with Gasteiger partial charge in [0.1, 0.15) is 31.7 Å². The molecule has 0 saturated heterocycles. The Labute approximate surface area is 155 Å². The van der Waals surface area contributed by atoms with E-state index in [1.54, 1.807) is 0 Å².